The van der Waals surface area contributed by atoms with Gasteiger partial charge in [-0.05, 0) is 53.7 Å². The van der Waals surface area contributed by atoms with Gasteiger partial charge >= 0.3 is 0 Å². The molecule has 0 spiro atoms. The zero-order valence-corrected chi connectivity index (χ0v) is 14.6. The molecule has 2 aliphatic rings. The number of amides is 1. The normalized spacial score (nSPS) is 19.8. The molecule has 1 heterocycles. The summed E-state index contributed by atoms with van der Waals surface area (Å²) >= 11 is 1.44. The van der Waals surface area contributed by atoms with Crippen LogP contribution in [0, 0.1) is 0 Å². The van der Waals surface area contributed by atoms with Crippen molar-refractivity contribution in [2.45, 2.75) is 49.3 Å². The highest BCUT2D eigenvalue weighted by Gasteiger charge is 2.29. The van der Waals surface area contributed by atoms with E-state index < -0.39 is 0 Å². The second kappa shape index (κ2) is 6.55. The average Bonchev–Trinajstić information content (AvgIpc) is 3.36. The molecule has 4 rings (SSSR count). The summed E-state index contributed by atoms with van der Waals surface area (Å²) < 4.78 is 1.86. The van der Waals surface area contributed by atoms with Crippen LogP contribution in [0.25, 0.3) is 0 Å². The summed E-state index contributed by atoms with van der Waals surface area (Å²) in [5, 5.41) is 12.6. The van der Waals surface area contributed by atoms with Gasteiger partial charge in [-0.15, -0.1) is 5.10 Å². The maximum atomic E-state index is 12.7. The molecule has 1 atom stereocenters. The number of tetrazole rings is 1. The summed E-state index contributed by atoms with van der Waals surface area (Å²) in [6, 6.07) is 9.09. The van der Waals surface area contributed by atoms with E-state index in [-0.39, 0.29) is 11.9 Å². The van der Waals surface area contributed by atoms with E-state index in [1.54, 1.807) is 0 Å². The van der Waals surface area contributed by atoms with Gasteiger partial charge in [-0.3, -0.25) is 4.79 Å². The Morgan fingerprint density at radius 3 is 3.00 bits per heavy atom. The van der Waals surface area contributed by atoms with Crippen molar-refractivity contribution in [3.8, 4) is 0 Å². The summed E-state index contributed by atoms with van der Waals surface area (Å²) in [4.78, 5) is 14.6. The highest BCUT2D eigenvalue weighted by Crippen LogP contribution is 2.37. The maximum Gasteiger partial charge on any atom is 0.233 e. The van der Waals surface area contributed by atoms with Gasteiger partial charge in [0.15, 0.2) is 0 Å². The minimum Gasteiger partial charge on any atom is -0.338 e. The first kappa shape index (κ1) is 15.6. The average molecular weight is 343 g/mol. The zero-order chi connectivity index (χ0) is 16.5. The Labute approximate surface area is 145 Å². The van der Waals surface area contributed by atoms with Crippen LogP contribution in [0.4, 0.5) is 0 Å². The third kappa shape index (κ3) is 3.05. The van der Waals surface area contributed by atoms with Gasteiger partial charge in [0.05, 0.1) is 17.8 Å². The molecule has 1 aromatic heterocycles. The fourth-order valence-electron chi connectivity index (χ4n) is 3.36. The van der Waals surface area contributed by atoms with Crippen LogP contribution < -0.4 is 0 Å². The molecule has 0 unspecified atom stereocenters. The Bertz CT molecular complexity index is 742. The number of benzene rings is 1. The van der Waals surface area contributed by atoms with Gasteiger partial charge in [0, 0.05) is 7.05 Å². The SMILES string of the molecule is CN(C(=O)CSc1nnnn1C1CC1)[C@@H]1CCCc2ccccc21. The monoisotopic (exact) mass is 343 g/mol. The first-order valence-electron chi connectivity index (χ1n) is 8.48. The van der Waals surface area contributed by atoms with E-state index in [9.17, 15) is 4.79 Å². The predicted molar refractivity (Wildman–Crippen MR) is 91.7 cm³/mol. The Morgan fingerprint density at radius 1 is 1.33 bits per heavy atom. The van der Waals surface area contributed by atoms with Crippen LogP contribution in [0.5, 0.6) is 0 Å². The standard InChI is InChI=1S/C17H21N5OS/c1-21(15-8-4-6-12-5-2-3-7-14(12)15)16(23)11-24-17-18-19-20-22(17)13-9-10-13/h2-3,5,7,13,15H,4,6,8-11H2,1H3/t15-/m1/s1. The van der Waals surface area contributed by atoms with Crippen LogP contribution >= 0.6 is 11.8 Å². The Balaban J connectivity index is 1.42. The van der Waals surface area contributed by atoms with Crippen LogP contribution in [0.3, 0.4) is 0 Å². The molecule has 24 heavy (non-hydrogen) atoms. The van der Waals surface area contributed by atoms with Crippen molar-refractivity contribution in [2.24, 2.45) is 0 Å². The molecule has 2 aliphatic carbocycles. The minimum atomic E-state index is 0.132. The highest BCUT2D eigenvalue weighted by atomic mass is 32.2. The number of rotatable bonds is 5. The molecule has 1 fully saturated rings. The number of thioether (sulfide) groups is 1. The van der Waals surface area contributed by atoms with Crippen molar-refractivity contribution in [1.29, 1.82) is 0 Å². The third-order valence-corrected chi connectivity index (χ3v) is 5.80. The second-order valence-electron chi connectivity index (χ2n) is 6.54. The first-order valence-corrected chi connectivity index (χ1v) is 9.46. The van der Waals surface area contributed by atoms with Crippen molar-refractivity contribution in [3.63, 3.8) is 0 Å². The topological polar surface area (TPSA) is 63.9 Å². The van der Waals surface area contributed by atoms with Crippen LogP contribution in [-0.2, 0) is 11.2 Å². The van der Waals surface area contributed by atoms with E-state index in [1.807, 2.05) is 16.6 Å². The summed E-state index contributed by atoms with van der Waals surface area (Å²) in [6.07, 6.45) is 5.53. The lowest BCUT2D eigenvalue weighted by atomic mass is 9.87. The molecule has 0 radical (unpaired) electrons. The molecular weight excluding hydrogens is 322 g/mol. The van der Waals surface area contributed by atoms with Crippen LogP contribution in [0.2, 0.25) is 0 Å². The Morgan fingerprint density at radius 2 is 2.17 bits per heavy atom. The number of carbonyl (C=O) groups excluding carboxylic acids is 1. The molecule has 126 valence electrons. The molecule has 6 nitrogen and oxygen atoms in total. The third-order valence-electron chi connectivity index (χ3n) is 4.88. The summed E-state index contributed by atoms with van der Waals surface area (Å²) in [6.45, 7) is 0. The van der Waals surface area contributed by atoms with Gasteiger partial charge < -0.3 is 4.90 Å². The van der Waals surface area contributed by atoms with Gasteiger partial charge in [-0.2, -0.15) is 0 Å². The second-order valence-corrected chi connectivity index (χ2v) is 7.48. The fourth-order valence-corrected chi connectivity index (χ4v) is 4.23. The highest BCUT2D eigenvalue weighted by molar-refractivity contribution is 7.99. The smallest absolute Gasteiger partial charge is 0.233 e. The number of nitrogens with zero attached hydrogens (tertiary/aromatic N) is 5. The van der Waals surface area contributed by atoms with Gasteiger partial charge in [0.2, 0.25) is 11.1 Å². The van der Waals surface area contributed by atoms with E-state index in [0.29, 0.717) is 11.8 Å². The quantitative estimate of drug-likeness (QED) is 0.781. The van der Waals surface area contributed by atoms with Crippen molar-refractivity contribution < 1.29 is 4.79 Å². The molecule has 0 bridgehead atoms. The van der Waals surface area contributed by atoms with Crippen molar-refractivity contribution in [1.82, 2.24) is 25.1 Å². The molecule has 1 saturated carbocycles. The number of hydrogen-bond donors (Lipinski definition) is 0. The fraction of sp³-hybridized carbons (Fsp3) is 0.529. The molecule has 2 aromatic rings. The lowest BCUT2D eigenvalue weighted by molar-refractivity contribution is -0.129. The molecular formula is C17H21N5OS. The predicted octanol–water partition coefficient (Wildman–Crippen LogP) is 2.64. The van der Waals surface area contributed by atoms with Crippen LogP contribution in [0.15, 0.2) is 29.4 Å². The lowest BCUT2D eigenvalue weighted by Crippen LogP contribution is -2.34. The number of fused-ring (bicyclic) bond motifs is 1. The van der Waals surface area contributed by atoms with Gasteiger partial charge in [-0.1, -0.05) is 36.0 Å². The van der Waals surface area contributed by atoms with E-state index >= 15 is 0 Å². The van der Waals surface area contributed by atoms with Crippen molar-refractivity contribution >= 4 is 17.7 Å². The van der Waals surface area contributed by atoms with Crippen molar-refractivity contribution in [2.75, 3.05) is 12.8 Å². The van der Waals surface area contributed by atoms with E-state index in [1.165, 1.54) is 22.9 Å². The minimum absolute atomic E-state index is 0.132. The number of aromatic nitrogens is 4. The first-order chi connectivity index (χ1) is 11.7. The maximum absolute atomic E-state index is 12.7. The molecule has 0 N–H and O–H groups in total. The summed E-state index contributed by atoms with van der Waals surface area (Å²) in [7, 11) is 1.92. The number of hydrogen-bond acceptors (Lipinski definition) is 5. The summed E-state index contributed by atoms with van der Waals surface area (Å²) in [5.74, 6) is 0.509. The van der Waals surface area contributed by atoms with E-state index in [4.69, 9.17) is 0 Å². The van der Waals surface area contributed by atoms with Crippen LogP contribution in [0.1, 0.15) is 48.9 Å². The molecule has 0 aliphatic heterocycles. The largest absolute Gasteiger partial charge is 0.338 e. The van der Waals surface area contributed by atoms with E-state index in [0.717, 1.165) is 37.3 Å². The molecule has 1 amide bonds. The number of aryl methyl sites for hydroxylation is 1. The van der Waals surface area contributed by atoms with Gasteiger partial charge in [0.1, 0.15) is 0 Å². The van der Waals surface area contributed by atoms with Gasteiger partial charge in [0.25, 0.3) is 0 Å². The van der Waals surface area contributed by atoms with E-state index in [2.05, 4.69) is 39.8 Å². The Kier molecular flexibility index (Phi) is 4.26. The molecule has 1 aromatic carbocycles. The lowest BCUT2D eigenvalue weighted by Gasteiger charge is -2.33. The summed E-state index contributed by atoms with van der Waals surface area (Å²) in [5.41, 5.74) is 2.67. The van der Waals surface area contributed by atoms with Gasteiger partial charge in [-0.25, -0.2) is 4.68 Å². The van der Waals surface area contributed by atoms with Crippen LogP contribution in [-0.4, -0.2) is 43.8 Å². The zero-order valence-electron chi connectivity index (χ0n) is 13.8. The molecule has 7 heteroatoms. The Hall–Kier alpha value is -1.89. The van der Waals surface area contributed by atoms with Crippen molar-refractivity contribution in [3.05, 3.63) is 35.4 Å². The number of carbonyl (C=O) groups is 1. The molecule has 0 saturated heterocycles.